The minimum atomic E-state index is -0.949. The number of amides is 1. The van der Waals surface area contributed by atoms with Crippen molar-refractivity contribution in [1.82, 2.24) is 29.4 Å². The van der Waals surface area contributed by atoms with Gasteiger partial charge in [-0.2, -0.15) is 10.2 Å². The summed E-state index contributed by atoms with van der Waals surface area (Å²) in [6.07, 6.45) is 3.59. The maximum absolute atomic E-state index is 14.6. The van der Waals surface area contributed by atoms with E-state index in [1.807, 2.05) is 0 Å². The van der Waals surface area contributed by atoms with Gasteiger partial charge >= 0.3 is 5.69 Å². The molecule has 1 N–H and O–H groups in total. The first kappa shape index (κ1) is 27.3. The van der Waals surface area contributed by atoms with E-state index in [2.05, 4.69) is 15.5 Å². The molecule has 5 heterocycles. The first-order valence-electron chi connectivity index (χ1n) is 13.4. The largest absolute Gasteiger partial charge is 0.496 e. The molecule has 0 radical (unpaired) electrons. The fourth-order valence-corrected chi connectivity index (χ4v) is 6.73. The number of hydrogen-bond acceptors (Lipinski definition) is 9. The fourth-order valence-electron chi connectivity index (χ4n) is 5.51. The zero-order valence-electron chi connectivity index (χ0n) is 22.5. The van der Waals surface area contributed by atoms with Crippen LogP contribution < -0.4 is 21.3 Å². The van der Waals surface area contributed by atoms with Crippen molar-refractivity contribution < 1.29 is 23.4 Å². The Kier molecular flexibility index (Phi) is 7.45. The molecule has 3 aromatic heterocycles. The molecule has 6 rings (SSSR count). The smallest absolute Gasteiger partial charge is 0.332 e. The second kappa shape index (κ2) is 11.2. The number of hydrogen-bond donors (Lipinski definition) is 1. The van der Waals surface area contributed by atoms with E-state index in [1.54, 1.807) is 6.92 Å². The molecular formula is C27H29FN6O6S. The highest BCUT2D eigenvalue weighted by Gasteiger charge is 2.33. The molecule has 14 heteroatoms. The Bertz CT molecular complexity index is 1710. The molecule has 0 aliphatic carbocycles. The van der Waals surface area contributed by atoms with Crippen LogP contribution in [-0.4, -0.2) is 63.0 Å². The molecule has 0 saturated carbocycles. The van der Waals surface area contributed by atoms with Gasteiger partial charge < -0.3 is 19.5 Å². The molecule has 1 amide bonds. The van der Waals surface area contributed by atoms with Crippen molar-refractivity contribution >= 4 is 27.5 Å². The summed E-state index contributed by atoms with van der Waals surface area (Å²) in [6.45, 7) is 3.10. The van der Waals surface area contributed by atoms with Crippen molar-refractivity contribution in [2.45, 2.75) is 51.0 Å². The van der Waals surface area contributed by atoms with Crippen molar-refractivity contribution in [3.05, 3.63) is 68.4 Å². The molecule has 1 unspecified atom stereocenters. The van der Waals surface area contributed by atoms with Crippen LogP contribution >= 0.6 is 11.3 Å². The van der Waals surface area contributed by atoms with Gasteiger partial charge in [-0.1, -0.05) is 11.3 Å². The van der Waals surface area contributed by atoms with E-state index in [0.29, 0.717) is 65.7 Å². The second-order valence-corrected chi connectivity index (χ2v) is 11.0. The van der Waals surface area contributed by atoms with Crippen molar-refractivity contribution in [1.29, 1.82) is 0 Å². The molecule has 2 aliphatic heterocycles. The second-order valence-electron chi connectivity index (χ2n) is 10.0. The molecule has 2 saturated heterocycles. The van der Waals surface area contributed by atoms with Crippen LogP contribution in [0.3, 0.4) is 0 Å². The SMILES string of the molecule is COc1ccc(F)cc1[C@H](Cn1c(=O)n(C2CCNC2=O)c(=O)c2c(C)c(-n3nccn3)sc21)OC1CCOCC1. The lowest BCUT2D eigenvalue weighted by molar-refractivity contribution is -0.122. The number of fused-ring (bicyclic) bond motifs is 1. The molecule has 2 aliphatic rings. The molecule has 0 spiro atoms. The van der Waals surface area contributed by atoms with E-state index in [9.17, 15) is 18.8 Å². The Morgan fingerprint density at radius 3 is 2.61 bits per heavy atom. The van der Waals surface area contributed by atoms with Gasteiger partial charge in [0.2, 0.25) is 5.91 Å². The highest BCUT2D eigenvalue weighted by atomic mass is 32.1. The summed E-state index contributed by atoms with van der Waals surface area (Å²) in [6, 6.07) is 3.20. The number of nitrogens with one attached hydrogen (secondary N) is 1. The normalized spacial score (nSPS) is 18.6. The minimum Gasteiger partial charge on any atom is -0.496 e. The van der Waals surface area contributed by atoms with E-state index >= 15 is 0 Å². The lowest BCUT2D eigenvalue weighted by Crippen LogP contribution is -2.44. The van der Waals surface area contributed by atoms with Crippen LogP contribution in [-0.2, 0) is 20.8 Å². The van der Waals surface area contributed by atoms with E-state index in [0.717, 1.165) is 4.57 Å². The maximum atomic E-state index is 14.6. The van der Waals surface area contributed by atoms with Crippen LogP contribution in [0.15, 0.2) is 40.2 Å². The van der Waals surface area contributed by atoms with Crippen molar-refractivity contribution in [2.24, 2.45) is 0 Å². The van der Waals surface area contributed by atoms with E-state index < -0.39 is 35.1 Å². The quantitative estimate of drug-likeness (QED) is 0.334. The lowest BCUT2D eigenvalue weighted by Gasteiger charge is -2.29. The summed E-state index contributed by atoms with van der Waals surface area (Å²) in [5, 5.41) is 12.0. The first-order chi connectivity index (χ1) is 19.9. The van der Waals surface area contributed by atoms with Crippen molar-refractivity contribution in [3.63, 3.8) is 0 Å². The molecule has 41 heavy (non-hydrogen) atoms. The van der Waals surface area contributed by atoms with Crippen LogP contribution in [0.2, 0.25) is 0 Å². The van der Waals surface area contributed by atoms with Gasteiger partial charge in [0.1, 0.15) is 33.5 Å². The zero-order chi connectivity index (χ0) is 28.7. The number of nitrogens with zero attached hydrogens (tertiary/aromatic N) is 5. The number of carbonyl (C=O) groups excluding carboxylic acids is 1. The molecular weight excluding hydrogens is 555 g/mol. The third kappa shape index (κ3) is 4.96. The number of carbonyl (C=O) groups is 1. The number of thiophene rings is 1. The maximum Gasteiger partial charge on any atom is 0.332 e. The average molecular weight is 585 g/mol. The molecule has 12 nitrogen and oxygen atoms in total. The van der Waals surface area contributed by atoms with Crippen LogP contribution in [0.1, 0.15) is 42.5 Å². The Balaban J connectivity index is 1.57. The van der Waals surface area contributed by atoms with Crippen LogP contribution in [0, 0.1) is 12.7 Å². The summed E-state index contributed by atoms with van der Waals surface area (Å²) in [5.41, 5.74) is -0.197. The van der Waals surface area contributed by atoms with Gasteiger partial charge in [0.25, 0.3) is 5.56 Å². The van der Waals surface area contributed by atoms with Crippen molar-refractivity contribution in [3.8, 4) is 10.8 Å². The number of aromatic nitrogens is 5. The topological polar surface area (TPSA) is 132 Å². The molecule has 4 aromatic rings. The number of rotatable bonds is 8. The molecule has 2 fully saturated rings. The van der Waals surface area contributed by atoms with Gasteiger partial charge in [0.05, 0.1) is 37.5 Å². The van der Waals surface area contributed by atoms with Gasteiger partial charge in [-0.3, -0.25) is 14.2 Å². The third-order valence-corrected chi connectivity index (χ3v) is 8.84. The monoisotopic (exact) mass is 584 g/mol. The van der Waals surface area contributed by atoms with E-state index in [-0.39, 0.29) is 18.0 Å². The van der Waals surface area contributed by atoms with Gasteiger partial charge in [-0.25, -0.2) is 13.8 Å². The number of aryl methyl sites for hydroxylation is 1. The lowest BCUT2D eigenvalue weighted by atomic mass is 10.1. The van der Waals surface area contributed by atoms with Crippen molar-refractivity contribution in [2.75, 3.05) is 26.9 Å². The fraction of sp³-hybridized carbons (Fsp3) is 0.444. The molecule has 0 bridgehead atoms. The predicted molar refractivity (Wildman–Crippen MR) is 147 cm³/mol. The number of ether oxygens (including phenoxy) is 3. The Hall–Kier alpha value is -3.88. The molecule has 2 atom stereocenters. The minimum absolute atomic E-state index is 0.0624. The summed E-state index contributed by atoms with van der Waals surface area (Å²) in [5.74, 6) is -0.468. The molecule has 1 aromatic carbocycles. The van der Waals surface area contributed by atoms with Gasteiger partial charge in [0.15, 0.2) is 0 Å². The number of methoxy groups -OCH3 is 1. The highest BCUT2D eigenvalue weighted by Crippen LogP contribution is 2.35. The summed E-state index contributed by atoms with van der Waals surface area (Å²) in [7, 11) is 1.48. The van der Waals surface area contributed by atoms with E-state index in [1.165, 1.54) is 58.4 Å². The predicted octanol–water partition coefficient (Wildman–Crippen LogP) is 2.26. The van der Waals surface area contributed by atoms with Crippen LogP contribution in [0.5, 0.6) is 5.75 Å². The average Bonchev–Trinajstić information content (AvgIpc) is 3.72. The third-order valence-electron chi connectivity index (χ3n) is 7.56. The van der Waals surface area contributed by atoms with Gasteiger partial charge in [-0.15, -0.1) is 4.80 Å². The Morgan fingerprint density at radius 1 is 1.17 bits per heavy atom. The summed E-state index contributed by atoms with van der Waals surface area (Å²) >= 11 is 1.19. The summed E-state index contributed by atoms with van der Waals surface area (Å²) in [4.78, 5) is 42.5. The number of halogens is 1. The first-order valence-corrected chi connectivity index (χ1v) is 14.2. The van der Waals surface area contributed by atoms with Gasteiger partial charge in [0, 0.05) is 30.9 Å². The van der Waals surface area contributed by atoms with E-state index in [4.69, 9.17) is 14.2 Å². The highest BCUT2D eigenvalue weighted by molar-refractivity contribution is 7.21. The zero-order valence-corrected chi connectivity index (χ0v) is 23.4. The van der Waals surface area contributed by atoms with Crippen LogP contribution in [0.25, 0.3) is 15.2 Å². The van der Waals surface area contributed by atoms with Gasteiger partial charge in [-0.05, 0) is 44.4 Å². The summed E-state index contributed by atoms with van der Waals surface area (Å²) < 4.78 is 34.6. The standard InChI is InChI=1S/C27H29FN6O6S/c1-15-22-24(36)33(19-5-8-29-23(19)35)27(37)32(26(22)41-25(15)34-30-9-10-31-34)14-21(40-17-6-11-39-12-7-17)18-13-16(28)3-4-20(18)38-2/h3-4,9-10,13,17,19,21H,5-8,11-12,14H2,1-2H3,(H,29,35)/t19?,21-/m0/s1. The number of benzene rings is 1. The Morgan fingerprint density at radius 2 is 1.93 bits per heavy atom. The van der Waals surface area contributed by atoms with Crippen LogP contribution in [0.4, 0.5) is 4.39 Å². The Labute approximate surface area is 237 Å². The molecule has 216 valence electrons.